The van der Waals surface area contributed by atoms with Crippen molar-refractivity contribution in [3.63, 3.8) is 0 Å². The first-order valence-corrected chi connectivity index (χ1v) is 10.8. The highest BCUT2D eigenvalue weighted by Gasteiger charge is 2.23. The number of aryl methyl sites for hydroxylation is 1. The Labute approximate surface area is 192 Å². The van der Waals surface area contributed by atoms with Gasteiger partial charge < -0.3 is 25.3 Å². The molecule has 0 bridgehead atoms. The molecule has 0 spiro atoms. The minimum absolute atomic E-state index is 0.347. The highest BCUT2D eigenvalue weighted by molar-refractivity contribution is 5.92. The molecule has 1 aliphatic rings. The molecular formula is C24H31N3O6. The largest absolute Gasteiger partial charge is 0.478 e. The molecule has 1 aromatic carbocycles. The van der Waals surface area contributed by atoms with E-state index in [4.69, 9.17) is 14.9 Å². The molecule has 9 nitrogen and oxygen atoms in total. The van der Waals surface area contributed by atoms with Crippen molar-refractivity contribution in [2.75, 3.05) is 11.9 Å². The predicted octanol–water partition coefficient (Wildman–Crippen LogP) is 3.86. The number of aliphatic carboxylic acids is 2. The average Bonchev–Trinajstić information content (AvgIpc) is 3.10. The number of rotatable bonds is 8. The van der Waals surface area contributed by atoms with Gasteiger partial charge in [0.05, 0.1) is 6.61 Å². The van der Waals surface area contributed by atoms with Gasteiger partial charge in [-0.05, 0) is 49.4 Å². The SMILES string of the molecule is C=CCCOC(=O)Nc1ccc2[nH]c3c(c2c1)CC(NC(C)C)CC3.O=C(O)/C=C\C(=O)O. The minimum atomic E-state index is -1.26. The normalized spacial score (nSPS) is 14.9. The number of hydrogen-bond donors (Lipinski definition) is 5. The lowest BCUT2D eigenvalue weighted by Gasteiger charge is -2.25. The maximum atomic E-state index is 11.8. The summed E-state index contributed by atoms with van der Waals surface area (Å²) < 4.78 is 5.11. The van der Waals surface area contributed by atoms with Gasteiger partial charge in [0, 0.05) is 46.5 Å². The van der Waals surface area contributed by atoms with Gasteiger partial charge in [-0.2, -0.15) is 0 Å². The van der Waals surface area contributed by atoms with E-state index in [2.05, 4.69) is 36.0 Å². The van der Waals surface area contributed by atoms with Crippen LogP contribution in [0.3, 0.4) is 0 Å². The van der Waals surface area contributed by atoms with Crippen molar-refractivity contribution >= 4 is 34.6 Å². The monoisotopic (exact) mass is 457 g/mol. The molecule has 1 aromatic heterocycles. The molecule has 33 heavy (non-hydrogen) atoms. The molecule has 1 heterocycles. The zero-order valence-corrected chi connectivity index (χ0v) is 18.9. The van der Waals surface area contributed by atoms with Crippen molar-refractivity contribution in [3.05, 3.63) is 54.3 Å². The van der Waals surface area contributed by atoms with Crippen molar-refractivity contribution in [1.82, 2.24) is 10.3 Å². The summed E-state index contributed by atoms with van der Waals surface area (Å²) in [5.41, 5.74) is 4.57. The molecule has 1 amide bonds. The number of carboxylic acid groups (broad SMARTS) is 2. The van der Waals surface area contributed by atoms with Crippen LogP contribution >= 0.6 is 0 Å². The van der Waals surface area contributed by atoms with Crippen LogP contribution in [0.1, 0.15) is 37.9 Å². The number of carboxylic acids is 2. The lowest BCUT2D eigenvalue weighted by Crippen LogP contribution is -2.38. The quantitative estimate of drug-likeness (QED) is 0.230. The van der Waals surface area contributed by atoms with E-state index in [0.29, 0.717) is 37.3 Å². The first kappa shape index (κ1) is 25.7. The number of aromatic nitrogens is 1. The second-order valence-corrected chi connectivity index (χ2v) is 7.95. The third kappa shape index (κ3) is 8.46. The fourth-order valence-electron chi connectivity index (χ4n) is 3.64. The number of amides is 1. The molecule has 9 heteroatoms. The number of carbonyl (C=O) groups is 3. The maximum absolute atomic E-state index is 11.8. The molecule has 178 valence electrons. The number of hydrogen-bond acceptors (Lipinski definition) is 5. The molecule has 1 atom stereocenters. The third-order valence-electron chi connectivity index (χ3n) is 4.93. The van der Waals surface area contributed by atoms with Crippen LogP contribution in [0.2, 0.25) is 0 Å². The Balaban J connectivity index is 0.000000414. The third-order valence-corrected chi connectivity index (χ3v) is 4.93. The smallest absolute Gasteiger partial charge is 0.411 e. The number of benzene rings is 1. The average molecular weight is 458 g/mol. The highest BCUT2D eigenvalue weighted by Crippen LogP contribution is 2.31. The number of aromatic amines is 1. The molecular weight excluding hydrogens is 426 g/mol. The van der Waals surface area contributed by atoms with Gasteiger partial charge in [0.15, 0.2) is 0 Å². The van der Waals surface area contributed by atoms with Gasteiger partial charge in [0.2, 0.25) is 0 Å². The zero-order valence-electron chi connectivity index (χ0n) is 18.9. The fourth-order valence-corrected chi connectivity index (χ4v) is 3.64. The molecule has 2 aromatic rings. The molecule has 5 N–H and O–H groups in total. The Hall–Kier alpha value is -3.59. The van der Waals surface area contributed by atoms with E-state index in [0.717, 1.165) is 30.5 Å². The van der Waals surface area contributed by atoms with Gasteiger partial charge in [-0.3, -0.25) is 5.32 Å². The Morgan fingerprint density at radius 3 is 2.55 bits per heavy atom. The Bertz CT molecular complexity index is 1010. The second-order valence-electron chi connectivity index (χ2n) is 7.95. The maximum Gasteiger partial charge on any atom is 0.411 e. The van der Waals surface area contributed by atoms with E-state index >= 15 is 0 Å². The van der Waals surface area contributed by atoms with Crippen LogP contribution in [0, 0.1) is 0 Å². The molecule has 0 radical (unpaired) electrons. The second kappa shape index (κ2) is 12.4. The predicted molar refractivity (Wildman–Crippen MR) is 127 cm³/mol. The van der Waals surface area contributed by atoms with E-state index < -0.39 is 18.0 Å². The highest BCUT2D eigenvalue weighted by atomic mass is 16.5. The van der Waals surface area contributed by atoms with Crippen LogP contribution in [0.5, 0.6) is 0 Å². The summed E-state index contributed by atoms with van der Waals surface area (Å²) in [5.74, 6) is -2.51. The Morgan fingerprint density at radius 1 is 1.24 bits per heavy atom. The first-order valence-electron chi connectivity index (χ1n) is 10.8. The zero-order chi connectivity index (χ0) is 24.4. The number of H-pyrrole nitrogens is 1. The van der Waals surface area contributed by atoms with E-state index in [1.807, 2.05) is 18.2 Å². The number of anilines is 1. The van der Waals surface area contributed by atoms with Crippen LogP contribution < -0.4 is 10.6 Å². The van der Waals surface area contributed by atoms with Gasteiger partial charge in [0.1, 0.15) is 0 Å². The summed E-state index contributed by atoms with van der Waals surface area (Å²) in [6, 6.07) is 6.96. The Kier molecular flexibility index (Phi) is 9.68. The lowest BCUT2D eigenvalue weighted by atomic mass is 9.91. The van der Waals surface area contributed by atoms with Crippen LogP contribution in [0.4, 0.5) is 10.5 Å². The number of fused-ring (bicyclic) bond motifs is 3. The van der Waals surface area contributed by atoms with Crippen molar-refractivity contribution < 1.29 is 29.3 Å². The lowest BCUT2D eigenvalue weighted by molar-refractivity contribution is -0.134. The number of nitrogens with one attached hydrogen (secondary N) is 3. The summed E-state index contributed by atoms with van der Waals surface area (Å²) in [5, 5.41) is 23.3. The molecule has 1 unspecified atom stereocenters. The fraction of sp³-hybridized carbons (Fsp3) is 0.375. The summed E-state index contributed by atoms with van der Waals surface area (Å²) in [4.78, 5) is 34.5. The molecule has 0 aliphatic heterocycles. The van der Waals surface area contributed by atoms with Gasteiger partial charge in [0.25, 0.3) is 0 Å². The minimum Gasteiger partial charge on any atom is -0.478 e. The molecule has 3 rings (SSSR count). The molecule has 0 saturated heterocycles. The van der Waals surface area contributed by atoms with Crippen molar-refractivity contribution in [2.45, 2.75) is 51.6 Å². The summed E-state index contributed by atoms with van der Waals surface area (Å²) in [6.07, 6.45) is 6.30. The van der Waals surface area contributed by atoms with Crippen LogP contribution in [-0.4, -0.2) is 51.9 Å². The van der Waals surface area contributed by atoms with Crippen molar-refractivity contribution in [1.29, 1.82) is 0 Å². The van der Waals surface area contributed by atoms with Gasteiger partial charge >= 0.3 is 18.0 Å². The van der Waals surface area contributed by atoms with Gasteiger partial charge in [-0.1, -0.05) is 19.9 Å². The van der Waals surface area contributed by atoms with Crippen molar-refractivity contribution in [2.24, 2.45) is 0 Å². The van der Waals surface area contributed by atoms with Gasteiger partial charge in [-0.15, -0.1) is 6.58 Å². The van der Waals surface area contributed by atoms with Gasteiger partial charge in [-0.25, -0.2) is 14.4 Å². The van der Waals surface area contributed by atoms with E-state index in [1.54, 1.807) is 6.08 Å². The number of carbonyl (C=O) groups excluding carboxylic acids is 1. The summed E-state index contributed by atoms with van der Waals surface area (Å²) in [7, 11) is 0. The number of ether oxygens (including phenoxy) is 1. The standard InChI is InChI=1S/C20H27N3O2.C4H4O4/c1-4-5-10-25-20(24)22-15-7-9-19-17(12-15)16-11-14(21-13(2)3)6-8-18(16)23-19;5-3(6)1-2-4(7)8/h4,7,9,12-14,21,23H,1,5-6,8,10-11H2,2-3H3,(H,22,24);1-2H,(H,5,6)(H,7,8)/b;2-1-. The van der Waals surface area contributed by atoms with Crippen LogP contribution in [0.25, 0.3) is 10.9 Å². The topological polar surface area (TPSA) is 141 Å². The van der Waals surface area contributed by atoms with Crippen molar-refractivity contribution in [3.8, 4) is 0 Å². The van der Waals surface area contributed by atoms with E-state index in [-0.39, 0.29) is 0 Å². The first-order chi connectivity index (χ1) is 15.7. The summed E-state index contributed by atoms with van der Waals surface area (Å²) in [6.45, 7) is 8.33. The molecule has 0 fully saturated rings. The summed E-state index contributed by atoms with van der Waals surface area (Å²) >= 11 is 0. The molecule has 0 saturated carbocycles. The Morgan fingerprint density at radius 2 is 1.94 bits per heavy atom. The molecule has 1 aliphatic carbocycles. The van der Waals surface area contributed by atoms with E-state index in [1.165, 1.54) is 16.6 Å². The van der Waals surface area contributed by atoms with Crippen LogP contribution in [0.15, 0.2) is 43.0 Å². The van der Waals surface area contributed by atoms with E-state index in [9.17, 15) is 14.4 Å². The van der Waals surface area contributed by atoms with Crippen LogP contribution in [-0.2, 0) is 27.2 Å².